The monoisotopic (exact) mass is 222 g/mol. The molecule has 0 aliphatic rings. The Morgan fingerprint density at radius 1 is 1.38 bits per heavy atom. The lowest BCUT2D eigenvalue weighted by molar-refractivity contribution is 0.286. The summed E-state index contributed by atoms with van der Waals surface area (Å²) >= 11 is 0. The maximum atomic E-state index is 5.69. The number of hydrogen-bond donors (Lipinski definition) is 1. The predicted molar refractivity (Wildman–Crippen MR) is 69.1 cm³/mol. The van der Waals surface area contributed by atoms with Gasteiger partial charge in [-0.15, -0.1) is 0 Å². The van der Waals surface area contributed by atoms with Gasteiger partial charge in [-0.1, -0.05) is 13.0 Å². The highest BCUT2D eigenvalue weighted by atomic mass is 16.5. The van der Waals surface area contributed by atoms with Crippen LogP contribution in [0.5, 0.6) is 5.75 Å². The highest BCUT2D eigenvalue weighted by Crippen LogP contribution is 2.19. The summed E-state index contributed by atoms with van der Waals surface area (Å²) in [5.74, 6) is 1.45. The summed E-state index contributed by atoms with van der Waals surface area (Å²) in [6, 6.07) is 8.11. The van der Waals surface area contributed by atoms with Crippen LogP contribution in [-0.4, -0.2) is 27.2 Å². The van der Waals surface area contributed by atoms with Crippen molar-refractivity contribution in [2.45, 2.75) is 13.3 Å². The van der Waals surface area contributed by atoms with Crippen molar-refractivity contribution in [2.75, 3.05) is 32.1 Å². The molecule has 1 rings (SSSR count). The minimum absolute atomic E-state index is 0.525. The SMILES string of the molecule is CC(CN)CCOc1cccc(N(C)C)c1. The van der Waals surface area contributed by atoms with Gasteiger partial charge in [0.25, 0.3) is 0 Å². The summed E-state index contributed by atoms with van der Waals surface area (Å²) in [4.78, 5) is 2.06. The first-order valence-corrected chi connectivity index (χ1v) is 5.73. The molecule has 0 aliphatic heterocycles. The lowest BCUT2D eigenvalue weighted by atomic mass is 10.1. The number of hydrogen-bond acceptors (Lipinski definition) is 3. The molecular weight excluding hydrogens is 200 g/mol. The third-order valence-electron chi connectivity index (χ3n) is 2.62. The highest BCUT2D eigenvalue weighted by Gasteiger charge is 2.01. The molecule has 1 aromatic rings. The number of anilines is 1. The molecule has 0 saturated heterocycles. The highest BCUT2D eigenvalue weighted by molar-refractivity contribution is 5.49. The molecule has 3 heteroatoms. The van der Waals surface area contributed by atoms with Crippen LogP contribution in [0.1, 0.15) is 13.3 Å². The zero-order valence-corrected chi connectivity index (χ0v) is 10.4. The number of ether oxygens (including phenoxy) is 1. The molecule has 90 valence electrons. The van der Waals surface area contributed by atoms with E-state index in [2.05, 4.69) is 17.9 Å². The molecule has 1 unspecified atom stereocenters. The molecule has 2 N–H and O–H groups in total. The standard InChI is InChI=1S/C13H22N2O/c1-11(10-14)7-8-16-13-6-4-5-12(9-13)15(2)3/h4-6,9,11H,7-8,10,14H2,1-3H3. The molecular formula is C13H22N2O. The van der Waals surface area contributed by atoms with Crippen molar-refractivity contribution in [3.05, 3.63) is 24.3 Å². The molecule has 0 bridgehead atoms. The van der Waals surface area contributed by atoms with Crippen molar-refractivity contribution in [3.63, 3.8) is 0 Å². The van der Waals surface area contributed by atoms with E-state index in [0.717, 1.165) is 31.0 Å². The van der Waals surface area contributed by atoms with E-state index in [1.165, 1.54) is 0 Å². The number of benzene rings is 1. The second-order valence-corrected chi connectivity index (χ2v) is 4.37. The van der Waals surface area contributed by atoms with Gasteiger partial charge in [-0.25, -0.2) is 0 Å². The van der Waals surface area contributed by atoms with Crippen molar-refractivity contribution < 1.29 is 4.74 Å². The lowest BCUT2D eigenvalue weighted by Gasteiger charge is -2.14. The van der Waals surface area contributed by atoms with Gasteiger partial charge in [0.2, 0.25) is 0 Å². The first-order valence-electron chi connectivity index (χ1n) is 5.73. The van der Waals surface area contributed by atoms with Crippen LogP contribution >= 0.6 is 0 Å². The Kier molecular flexibility index (Phi) is 5.12. The van der Waals surface area contributed by atoms with Crippen molar-refractivity contribution in [2.24, 2.45) is 11.7 Å². The van der Waals surface area contributed by atoms with Crippen molar-refractivity contribution in [1.29, 1.82) is 0 Å². The van der Waals surface area contributed by atoms with E-state index in [-0.39, 0.29) is 0 Å². The Hall–Kier alpha value is -1.22. The van der Waals surface area contributed by atoms with Crippen LogP contribution in [0.3, 0.4) is 0 Å². The molecule has 0 fully saturated rings. The molecule has 0 aromatic heterocycles. The largest absolute Gasteiger partial charge is 0.494 e. The van der Waals surface area contributed by atoms with E-state index in [1.807, 2.05) is 32.3 Å². The molecule has 0 saturated carbocycles. The third kappa shape index (κ3) is 4.11. The van der Waals surface area contributed by atoms with Crippen LogP contribution in [0.2, 0.25) is 0 Å². The molecule has 1 aromatic carbocycles. The van der Waals surface area contributed by atoms with E-state index in [4.69, 9.17) is 10.5 Å². The van der Waals surface area contributed by atoms with Crippen LogP contribution in [0.15, 0.2) is 24.3 Å². The van der Waals surface area contributed by atoms with Gasteiger partial charge in [0.05, 0.1) is 6.61 Å². The van der Waals surface area contributed by atoms with Crippen LogP contribution in [0, 0.1) is 5.92 Å². The quantitative estimate of drug-likeness (QED) is 0.801. The fourth-order valence-corrected chi connectivity index (χ4v) is 1.35. The van der Waals surface area contributed by atoms with E-state index in [1.54, 1.807) is 0 Å². The first-order chi connectivity index (χ1) is 7.63. The van der Waals surface area contributed by atoms with Crippen LogP contribution in [0.25, 0.3) is 0 Å². The minimum atomic E-state index is 0.525. The predicted octanol–water partition coefficient (Wildman–Crippen LogP) is 2.12. The zero-order valence-electron chi connectivity index (χ0n) is 10.4. The molecule has 0 heterocycles. The lowest BCUT2D eigenvalue weighted by Crippen LogP contribution is -2.14. The van der Waals surface area contributed by atoms with Gasteiger partial charge in [-0.05, 0) is 31.0 Å². The Morgan fingerprint density at radius 2 is 2.12 bits per heavy atom. The summed E-state index contributed by atoms with van der Waals surface area (Å²) in [5.41, 5.74) is 6.71. The van der Waals surface area contributed by atoms with Gasteiger partial charge in [0.1, 0.15) is 5.75 Å². The van der Waals surface area contributed by atoms with E-state index in [9.17, 15) is 0 Å². The first kappa shape index (κ1) is 12.8. The molecule has 3 nitrogen and oxygen atoms in total. The van der Waals surface area contributed by atoms with Gasteiger partial charge >= 0.3 is 0 Å². The molecule has 16 heavy (non-hydrogen) atoms. The Bertz CT molecular complexity index is 313. The van der Waals surface area contributed by atoms with Crippen molar-refractivity contribution in [1.82, 2.24) is 0 Å². The normalized spacial score (nSPS) is 12.2. The summed E-state index contributed by atoms with van der Waals surface area (Å²) in [5, 5.41) is 0. The maximum Gasteiger partial charge on any atom is 0.121 e. The van der Waals surface area contributed by atoms with Gasteiger partial charge in [-0.2, -0.15) is 0 Å². The fourth-order valence-electron chi connectivity index (χ4n) is 1.35. The van der Waals surface area contributed by atoms with Gasteiger partial charge in [0, 0.05) is 25.8 Å². The molecule has 0 spiro atoms. The van der Waals surface area contributed by atoms with Crippen molar-refractivity contribution in [3.8, 4) is 5.75 Å². The Labute approximate surface area is 98.2 Å². The smallest absolute Gasteiger partial charge is 0.121 e. The second-order valence-electron chi connectivity index (χ2n) is 4.37. The van der Waals surface area contributed by atoms with E-state index in [0.29, 0.717) is 5.92 Å². The molecule has 0 aliphatic carbocycles. The van der Waals surface area contributed by atoms with Crippen molar-refractivity contribution >= 4 is 5.69 Å². The minimum Gasteiger partial charge on any atom is -0.494 e. The second kappa shape index (κ2) is 6.38. The molecule has 1 atom stereocenters. The van der Waals surface area contributed by atoms with Crippen LogP contribution in [-0.2, 0) is 0 Å². The molecule has 0 radical (unpaired) electrons. The van der Waals surface area contributed by atoms with Gasteiger partial charge in [0.15, 0.2) is 0 Å². The number of nitrogens with two attached hydrogens (primary N) is 1. The third-order valence-corrected chi connectivity index (χ3v) is 2.62. The average Bonchev–Trinajstić information content (AvgIpc) is 2.29. The topological polar surface area (TPSA) is 38.5 Å². The Balaban J connectivity index is 2.45. The van der Waals surface area contributed by atoms with Gasteiger partial charge in [-0.3, -0.25) is 0 Å². The van der Waals surface area contributed by atoms with E-state index < -0.39 is 0 Å². The summed E-state index contributed by atoms with van der Waals surface area (Å²) < 4.78 is 5.69. The number of nitrogens with zero attached hydrogens (tertiary/aromatic N) is 1. The van der Waals surface area contributed by atoms with Crippen LogP contribution < -0.4 is 15.4 Å². The summed E-state index contributed by atoms with van der Waals surface area (Å²) in [6.45, 7) is 3.59. The van der Waals surface area contributed by atoms with E-state index >= 15 is 0 Å². The Morgan fingerprint density at radius 3 is 2.75 bits per heavy atom. The maximum absolute atomic E-state index is 5.69. The zero-order chi connectivity index (χ0) is 12.0. The fraction of sp³-hybridized carbons (Fsp3) is 0.538. The van der Waals surface area contributed by atoms with Gasteiger partial charge < -0.3 is 15.4 Å². The average molecular weight is 222 g/mol. The summed E-state index contributed by atoms with van der Waals surface area (Å²) in [6.07, 6.45) is 1.00. The summed E-state index contributed by atoms with van der Waals surface area (Å²) in [7, 11) is 4.05. The molecule has 0 amide bonds. The van der Waals surface area contributed by atoms with Crippen LogP contribution in [0.4, 0.5) is 5.69 Å². The number of rotatable bonds is 6.